The third kappa shape index (κ3) is 4.45. The van der Waals surface area contributed by atoms with Crippen molar-refractivity contribution in [3.05, 3.63) is 58.6 Å². The van der Waals surface area contributed by atoms with Gasteiger partial charge >= 0.3 is 0 Å². The maximum atomic E-state index is 12.3. The molecule has 25 heavy (non-hydrogen) atoms. The number of benzene rings is 2. The lowest BCUT2D eigenvalue weighted by atomic mass is 10.1. The number of halogens is 1. The molecule has 3 rings (SSSR count). The molecule has 0 bridgehead atoms. The van der Waals surface area contributed by atoms with Gasteiger partial charge in [-0.3, -0.25) is 4.79 Å². The van der Waals surface area contributed by atoms with E-state index >= 15 is 0 Å². The van der Waals surface area contributed by atoms with Crippen molar-refractivity contribution in [1.29, 1.82) is 0 Å². The van der Waals surface area contributed by atoms with Crippen LogP contribution in [-0.4, -0.2) is 43.6 Å². The molecule has 0 unspecified atom stereocenters. The zero-order valence-corrected chi connectivity index (χ0v) is 15.4. The van der Waals surface area contributed by atoms with E-state index in [9.17, 15) is 4.79 Å². The molecule has 1 fully saturated rings. The van der Waals surface area contributed by atoms with Crippen LogP contribution in [0.1, 0.15) is 11.1 Å². The number of amides is 1. The number of anilines is 1. The summed E-state index contributed by atoms with van der Waals surface area (Å²) in [7, 11) is 0. The fraction of sp³-hybridized carbons (Fsp3) is 0.350. The second kappa shape index (κ2) is 7.79. The Hall–Kier alpha value is -2.20. The molecule has 132 valence electrons. The van der Waals surface area contributed by atoms with Gasteiger partial charge in [-0.15, -0.1) is 0 Å². The number of piperazine rings is 1. The topological polar surface area (TPSA) is 32.8 Å². The Balaban J connectivity index is 1.51. The molecule has 1 aliphatic rings. The van der Waals surface area contributed by atoms with Crippen molar-refractivity contribution in [2.24, 2.45) is 0 Å². The molecule has 2 aromatic carbocycles. The van der Waals surface area contributed by atoms with Gasteiger partial charge in [-0.25, -0.2) is 0 Å². The second-order valence-electron chi connectivity index (χ2n) is 6.40. The first kappa shape index (κ1) is 17.6. The van der Waals surface area contributed by atoms with E-state index in [2.05, 4.69) is 36.9 Å². The predicted octanol–water partition coefficient (Wildman–Crippen LogP) is 3.68. The van der Waals surface area contributed by atoms with Crippen LogP contribution in [0.4, 0.5) is 5.69 Å². The number of carbonyl (C=O) groups excluding carboxylic acids is 1. The molecule has 0 radical (unpaired) electrons. The van der Waals surface area contributed by atoms with Crippen molar-refractivity contribution < 1.29 is 9.53 Å². The first-order valence-electron chi connectivity index (χ1n) is 8.51. The summed E-state index contributed by atoms with van der Waals surface area (Å²) in [5.41, 5.74) is 3.82. The first-order valence-corrected chi connectivity index (χ1v) is 8.89. The minimum Gasteiger partial charge on any atom is -0.484 e. The molecule has 4 nitrogen and oxygen atoms in total. The smallest absolute Gasteiger partial charge is 0.260 e. The van der Waals surface area contributed by atoms with E-state index < -0.39 is 0 Å². The maximum absolute atomic E-state index is 12.3. The van der Waals surface area contributed by atoms with Crippen LogP contribution in [0.3, 0.4) is 0 Å². The first-order chi connectivity index (χ1) is 12.0. The summed E-state index contributed by atoms with van der Waals surface area (Å²) >= 11 is 5.84. The Labute approximate surface area is 154 Å². The summed E-state index contributed by atoms with van der Waals surface area (Å²) in [4.78, 5) is 16.6. The number of nitrogens with zero attached hydrogens (tertiary/aromatic N) is 2. The Kier molecular flexibility index (Phi) is 5.49. The Morgan fingerprint density at radius 1 is 1.04 bits per heavy atom. The lowest BCUT2D eigenvalue weighted by Gasteiger charge is -2.36. The SMILES string of the molecule is Cc1ccc(N2CCN(C(=O)COc3ccc(Cl)cc3)CC2)c(C)c1. The molecule has 0 atom stereocenters. The third-order valence-corrected chi connectivity index (χ3v) is 4.75. The molecular weight excluding hydrogens is 336 g/mol. The normalized spacial score (nSPS) is 14.5. The van der Waals surface area contributed by atoms with Gasteiger partial charge in [0, 0.05) is 36.9 Å². The van der Waals surface area contributed by atoms with Crippen LogP contribution in [0, 0.1) is 13.8 Å². The number of hydrogen-bond donors (Lipinski definition) is 0. The molecule has 1 aliphatic heterocycles. The summed E-state index contributed by atoms with van der Waals surface area (Å²) in [6.07, 6.45) is 0. The van der Waals surface area contributed by atoms with Crippen LogP contribution in [0.5, 0.6) is 5.75 Å². The highest BCUT2D eigenvalue weighted by Crippen LogP contribution is 2.22. The molecule has 0 N–H and O–H groups in total. The highest BCUT2D eigenvalue weighted by Gasteiger charge is 2.22. The van der Waals surface area contributed by atoms with E-state index in [1.54, 1.807) is 24.3 Å². The largest absolute Gasteiger partial charge is 0.484 e. The number of hydrogen-bond acceptors (Lipinski definition) is 3. The average molecular weight is 359 g/mol. The van der Waals surface area contributed by atoms with Crippen LogP contribution in [0.25, 0.3) is 0 Å². The van der Waals surface area contributed by atoms with Crippen molar-refractivity contribution in [2.75, 3.05) is 37.7 Å². The summed E-state index contributed by atoms with van der Waals surface area (Å²) in [6.45, 7) is 7.43. The molecule has 0 spiro atoms. The van der Waals surface area contributed by atoms with E-state index in [-0.39, 0.29) is 12.5 Å². The minimum atomic E-state index is 0.0234. The summed E-state index contributed by atoms with van der Waals surface area (Å²) in [5.74, 6) is 0.682. The number of carbonyl (C=O) groups is 1. The zero-order chi connectivity index (χ0) is 17.8. The molecular formula is C20H23ClN2O2. The summed E-state index contributed by atoms with van der Waals surface area (Å²) < 4.78 is 5.56. The van der Waals surface area contributed by atoms with E-state index in [1.807, 2.05) is 4.90 Å². The van der Waals surface area contributed by atoms with Gasteiger partial charge in [-0.2, -0.15) is 0 Å². The molecule has 0 aliphatic carbocycles. The van der Waals surface area contributed by atoms with Gasteiger partial charge in [0.2, 0.25) is 0 Å². The predicted molar refractivity (Wildman–Crippen MR) is 102 cm³/mol. The van der Waals surface area contributed by atoms with Gasteiger partial charge in [0.1, 0.15) is 5.75 Å². The number of rotatable bonds is 4. The highest BCUT2D eigenvalue weighted by molar-refractivity contribution is 6.30. The molecule has 0 aromatic heterocycles. The van der Waals surface area contributed by atoms with Crippen LogP contribution < -0.4 is 9.64 Å². The van der Waals surface area contributed by atoms with Crippen LogP contribution in [-0.2, 0) is 4.79 Å². The summed E-state index contributed by atoms with van der Waals surface area (Å²) in [6, 6.07) is 13.6. The van der Waals surface area contributed by atoms with E-state index in [0.717, 1.165) is 26.2 Å². The van der Waals surface area contributed by atoms with E-state index in [4.69, 9.17) is 16.3 Å². The van der Waals surface area contributed by atoms with Crippen molar-refractivity contribution in [3.63, 3.8) is 0 Å². The van der Waals surface area contributed by atoms with Gasteiger partial charge in [-0.05, 0) is 49.7 Å². The van der Waals surface area contributed by atoms with E-state index in [1.165, 1.54) is 16.8 Å². The quantitative estimate of drug-likeness (QED) is 0.835. The summed E-state index contributed by atoms with van der Waals surface area (Å²) in [5, 5.41) is 0.654. The number of ether oxygens (including phenoxy) is 1. The maximum Gasteiger partial charge on any atom is 0.260 e. The highest BCUT2D eigenvalue weighted by atomic mass is 35.5. The van der Waals surface area contributed by atoms with Crippen LogP contribution in [0.2, 0.25) is 5.02 Å². The molecule has 1 heterocycles. The zero-order valence-electron chi connectivity index (χ0n) is 14.7. The Morgan fingerprint density at radius 3 is 2.36 bits per heavy atom. The molecule has 2 aromatic rings. The Morgan fingerprint density at radius 2 is 1.72 bits per heavy atom. The lowest BCUT2D eigenvalue weighted by Crippen LogP contribution is -2.50. The number of aryl methyl sites for hydroxylation is 2. The minimum absolute atomic E-state index is 0.0234. The molecule has 5 heteroatoms. The second-order valence-corrected chi connectivity index (χ2v) is 6.84. The van der Waals surface area contributed by atoms with Crippen LogP contribution >= 0.6 is 11.6 Å². The van der Waals surface area contributed by atoms with Crippen molar-refractivity contribution >= 4 is 23.2 Å². The van der Waals surface area contributed by atoms with Crippen molar-refractivity contribution in [1.82, 2.24) is 4.90 Å². The fourth-order valence-corrected chi connectivity index (χ4v) is 3.25. The lowest BCUT2D eigenvalue weighted by molar-refractivity contribution is -0.133. The van der Waals surface area contributed by atoms with Gasteiger partial charge in [0.25, 0.3) is 5.91 Å². The third-order valence-electron chi connectivity index (χ3n) is 4.50. The monoisotopic (exact) mass is 358 g/mol. The van der Waals surface area contributed by atoms with Crippen LogP contribution in [0.15, 0.2) is 42.5 Å². The van der Waals surface area contributed by atoms with Crippen molar-refractivity contribution in [2.45, 2.75) is 13.8 Å². The molecule has 1 saturated heterocycles. The van der Waals surface area contributed by atoms with E-state index in [0.29, 0.717) is 10.8 Å². The average Bonchev–Trinajstić information content (AvgIpc) is 2.61. The van der Waals surface area contributed by atoms with Gasteiger partial charge < -0.3 is 14.5 Å². The standard InChI is InChI=1S/C20H23ClN2O2/c1-15-3-8-19(16(2)13-15)22-9-11-23(12-10-22)20(24)14-25-18-6-4-17(21)5-7-18/h3-8,13H,9-12,14H2,1-2H3. The van der Waals surface area contributed by atoms with Crippen molar-refractivity contribution in [3.8, 4) is 5.75 Å². The van der Waals surface area contributed by atoms with Gasteiger partial charge in [0.05, 0.1) is 0 Å². The molecule has 1 amide bonds. The van der Waals surface area contributed by atoms with Gasteiger partial charge in [-0.1, -0.05) is 29.3 Å². The van der Waals surface area contributed by atoms with Gasteiger partial charge in [0.15, 0.2) is 6.61 Å². The molecule has 0 saturated carbocycles. The Bertz CT molecular complexity index is 738. The fourth-order valence-electron chi connectivity index (χ4n) is 3.12.